The van der Waals surface area contributed by atoms with Crippen LogP contribution in [0.1, 0.15) is 40.2 Å². The van der Waals surface area contributed by atoms with E-state index >= 15 is 0 Å². The summed E-state index contributed by atoms with van der Waals surface area (Å²) in [4.78, 5) is 21.3. The van der Waals surface area contributed by atoms with Gasteiger partial charge in [0.1, 0.15) is 11.5 Å². The number of hydrogen-bond donors (Lipinski definition) is 2. The number of hydrogen-bond acceptors (Lipinski definition) is 6. The summed E-state index contributed by atoms with van der Waals surface area (Å²) in [6.07, 6.45) is 4.11. The lowest BCUT2D eigenvalue weighted by atomic mass is 9.96. The summed E-state index contributed by atoms with van der Waals surface area (Å²) in [6.45, 7) is 0.678. The van der Waals surface area contributed by atoms with Gasteiger partial charge in [-0.1, -0.05) is 41.6 Å². The van der Waals surface area contributed by atoms with Crippen LogP contribution >= 0.6 is 0 Å². The van der Waals surface area contributed by atoms with Gasteiger partial charge in [-0.05, 0) is 43.4 Å². The fraction of sp³-hybridized carbons (Fsp3) is 0.227. The molecular formula is C22H21N7O. The molecule has 0 aliphatic heterocycles. The van der Waals surface area contributed by atoms with Crippen LogP contribution in [0, 0.1) is 0 Å². The Morgan fingerprint density at radius 3 is 2.70 bits per heavy atom. The molecule has 0 atom stereocenters. The number of rotatable bonds is 5. The smallest absolute Gasteiger partial charge is 0.267 e. The van der Waals surface area contributed by atoms with Gasteiger partial charge >= 0.3 is 0 Å². The largest absolute Gasteiger partial charge is 0.366 e. The summed E-state index contributed by atoms with van der Waals surface area (Å²) >= 11 is 0. The maximum absolute atomic E-state index is 11.7. The normalized spacial score (nSPS) is 13.2. The highest BCUT2D eigenvalue weighted by atomic mass is 16.1. The zero-order valence-corrected chi connectivity index (χ0v) is 16.4. The van der Waals surface area contributed by atoms with Crippen LogP contribution in [0.2, 0.25) is 0 Å². The van der Waals surface area contributed by atoms with Gasteiger partial charge in [0, 0.05) is 17.8 Å². The van der Waals surface area contributed by atoms with Crippen molar-refractivity contribution < 1.29 is 4.79 Å². The Kier molecular flexibility index (Phi) is 4.59. The predicted molar refractivity (Wildman–Crippen MR) is 113 cm³/mol. The van der Waals surface area contributed by atoms with Gasteiger partial charge < -0.3 is 11.1 Å². The molecule has 0 fully saturated rings. The number of carbonyl (C=O) groups is 1. The third-order valence-electron chi connectivity index (χ3n) is 5.39. The van der Waals surface area contributed by atoms with Crippen LogP contribution < -0.4 is 11.1 Å². The maximum atomic E-state index is 11.7. The first kappa shape index (κ1) is 18.2. The van der Waals surface area contributed by atoms with E-state index in [0.717, 1.165) is 37.2 Å². The van der Waals surface area contributed by atoms with Gasteiger partial charge in [0.15, 0.2) is 11.5 Å². The molecule has 5 rings (SSSR count). The lowest BCUT2D eigenvalue weighted by Crippen LogP contribution is -2.16. The number of primary amides is 1. The second-order valence-electron chi connectivity index (χ2n) is 7.38. The van der Waals surface area contributed by atoms with Gasteiger partial charge in [-0.2, -0.15) is 0 Å². The van der Waals surface area contributed by atoms with E-state index < -0.39 is 5.91 Å². The fourth-order valence-electron chi connectivity index (χ4n) is 3.89. The first-order valence-electron chi connectivity index (χ1n) is 10.0. The quantitative estimate of drug-likeness (QED) is 0.534. The SMILES string of the molecule is NC(=O)c1cccc2c(-c3nc4c(c(NCc5ccccc5)n3)CCCC4)nnn12. The van der Waals surface area contributed by atoms with E-state index in [4.69, 9.17) is 15.7 Å². The number of nitrogens with zero attached hydrogens (tertiary/aromatic N) is 5. The van der Waals surface area contributed by atoms with E-state index in [9.17, 15) is 4.79 Å². The van der Waals surface area contributed by atoms with E-state index in [-0.39, 0.29) is 5.69 Å². The van der Waals surface area contributed by atoms with E-state index in [0.29, 0.717) is 23.6 Å². The van der Waals surface area contributed by atoms with Gasteiger partial charge in [-0.15, -0.1) is 5.10 Å². The molecule has 1 aliphatic rings. The Morgan fingerprint density at radius 2 is 1.87 bits per heavy atom. The standard InChI is InChI=1S/C22H21N7O/c23-20(30)18-12-6-11-17-19(27-28-29(17)18)22-25-16-10-5-4-9-15(16)21(26-22)24-13-14-7-2-1-3-8-14/h1-3,6-8,11-12H,4-5,9-10,13H2,(H2,23,30)(H,24,25,26). The average Bonchev–Trinajstić information content (AvgIpc) is 3.22. The molecule has 1 amide bonds. The topological polar surface area (TPSA) is 111 Å². The van der Waals surface area contributed by atoms with Crippen molar-refractivity contribution >= 4 is 17.2 Å². The van der Waals surface area contributed by atoms with Gasteiger partial charge in [-0.25, -0.2) is 14.5 Å². The third-order valence-corrected chi connectivity index (χ3v) is 5.39. The van der Waals surface area contributed by atoms with Crippen LogP contribution in [-0.4, -0.2) is 30.7 Å². The third kappa shape index (κ3) is 3.26. The Balaban J connectivity index is 1.58. The highest BCUT2D eigenvalue weighted by Crippen LogP contribution is 2.29. The zero-order chi connectivity index (χ0) is 20.5. The van der Waals surface area contributed by atoms with E-state index in [1.165, 1.54) is 15.6 Å². The maximum Gasteiger partial charge on any atom is 0.267 e. The van der Waals surface area contributed by atoms with Crippen molar-refractivity contribution in [2.45, 2.75) is 32.2 Å². The van der Waals surface area contributed by atoms with E-state index in [1.807, 2.05) is 24.3 Å². The molecular weight excluding hydrogens is 378 g/mol. The Labute approximate surface area is 173 Å². The van der Waals surface area contributed by atoms with Crippen LogP contribution in [0.15, 0.2) is 48.5 Å². The van der Waals surface area contributed by atoms with Crippen LogP contribution in [0.3, 0.4) is 0 Å². The number of anilines is 1. The molecule has 30 heavy (non-hydrogen) atoms. The molecule has 0 unspecified atom stereocenters. The number of nitrogens with two attached hydrogens (primary N) is 1. The minimum Gasteiger partial charge on any atom is -0.366 e. The second-order valence-corrected chi connectivity index (χ2v) is 7.38. The monoisotopic (exact) mass is 399 g/mol. The number of fused-ring (bicyclic) bond motifs is 2. The Morgan fingerprint density at radius 1 is 1.03 bits per heavy atom. The molecule has 0 bridgehead atoms. The van der Waals surface area contributed by atoms with Crippen molar-refractivity contribution in [2.24, 2.45) is 5.73 Å². The predicted octanol–water partition coefficient (Wildman–Crippen LogP) is 2.78. The van der Waals surface area contributed by atoms with Crippen molar-refractivity contribution in [3.8, 4) is 11.5 Å². The van der Waals surface area contributed by atoms with Crippen molar-refractivity contribution in [2.75, 3.05) is 5.32 Å². The number of benzene rings is 1. The average molecular weight is 399 g/mol. The summed E-state index contributed by atoms with van der Waals surface area (Å²) in [5.41, 5.74) is 10.3. The zero-order valence-electron chi connectivity index (χ0n) is 16.4. The molecule has 3 N–H and O–H groups in total. The summed E-state index contributed by atoms with van der Waals surface area (Å²) in [5.74, 6) is 0.780. The Hall–Kier alpha value is -3.81. The minimum atomic E-state index is -0.561. The first-order chi connectivity index (χ1) is 14.7. The van der Waals surface area contributed by atoms with Crippen LogP contribution in [0.4, 0.5) is 5.82 Å². The highest BCUT2D eigenvalue weighted by molar-refractivity contribution is 5.92. The van der Waals surface area contributed by atoms with Crippen molar-refractivity contribution in [3.63, 3.8) is 0 Å². The summed E-state index contributed by atoms with van der Waals surface area (Å²) in [7, 11) is 0. The number of carbonyl (C=O) groups excluding carboxylic acids is 1. The van der Waals surface area contributed by atoms with Crippen molar-refractivity contribution in [3.05, 3.63) is 71.0 Å². The molecule has 8 heteroatoms. The molecule has 3 heterocycles. The molecule has 1 aliphatic carbocycles. The molecule has 0 saturated heterocycles. The molecule has 1 aromatic carbocycles. The molecule has 150 valence electrons. The molecule has 8 nitrogen and oxygen atoms in total. The lowest BCUT2D eigenvalue weighted by molar-refractivity contribution is 0.0993. The Bertz CT molecular complexity index is 1230. The molecule has 0 spiro atoms. The summed E-state index contributed by atoms with van der Waals surface area (Å²) in [6, 6.07) is 15.4. The molecule has 0 radical (unpaired) electrons. The number of amides is 1. The van der Waals surface area contributed by atoms with Gasteiger partial charge in [0.25, 0.3) is 5.91 Å². The van der Waals surface area contributed by atoms with Crippen LogP contribution in [0.5, 0.6) is 0 Å². The van der Waals surface area contributed by atoms with E-state index in [1.54, 1.807) is 12.1 Å². The van der Waals surface area contributed by atoms with Crippen LogP contribution in [-0.2, 0) is 19.4 Å². The van der Waals surface area contributed by atoms with Gasteiger partial charge in [0.2, 0.25) is 0 Å². The highest BCUT2D eigenvalue weighted by Gasteiger charge is 2.22. The lowest BCUT2D eigenvalue weighted by Gasteiger charge is -2.19. The van der Waals surface area contributed by atoms with Crippen molar-refractivity contribution in [1.29, 1.82) is 0 Å². The minimum absolute atomic E-state index is 0.270. The number of aromatic nitrogens is 5. The first-order valence-corrected chi connectivity index (χ1v) is 10.0. The van der Waals surface area contributed by atoms with E-state index in [2.05, 4.69) is 27.8 Å². The fourth-order valence-corrected chi connectivity index (χ4v) is 3.89. The summed E-state index contributed by atoms with van der Waals surface area (Å²) < 4.78 is 1.44. The number of aryl methyl sites for hydroxylation is 1. The summed E-state index contributed by atoms with van der Waals surface area (Å²) in [5, 5.41) is 11.9. The second kappa shape index (κ2) is 7.55. The molecule has 4 aromatic rings. The number of nitrogens with one attached hydrogen (secondary N) is 1. The number of pyridine rings is 1. The van der Waals surface area contributed by atoms with Crippen molar-refractivity contribution in [1.82, 2.24) is 24.8 Å². The van der Waals surface area contributed by atoms with Crippen LogP contribution in [0.25, 0.3) is 17.0 Å². The van der Waals surface area contributed by atoms with Gasteiger partial charge in [0.05, 0.1) is 5.52 Å². The molecule has 3 aromatic heterocycles. The molecule has 0 saturated carbocycles. The van der Waals surface area contributed by atoms with Gasteiger partial charge in [-0.3, -0.25) is 4.79 Å².